The highest BCUT2D eigenvalue weighted by Gasteiger charge is 2.04. The fourth-order valence-corrected chi connectivity index (χ4v) is 2.71. The summed E-state index contributed by atoms with van der Waals surface area (Å²) in [6.07, 6.45) is 3.59. The lowest BCUT2D eigenvalue weighted by Gasteiger charge is -2.07. The molecule has 0 fully saturated rings. The average Bonchev–Trinajstić information content (AvgIpc) is 2.89. The van der Waals surface area contributed by atoms with Crippen LogP contribution in [0.1, 0.15) is 4.88 Å². The lowest BCUT2D eigenvalue weighted by Crippen LogP contribution is -1.99. The molecule has 3 aromatic rings. The molecule has 0 saturated carbocycles. The third kappa shape index (κ3) is 2.37. The molecule has 0 spiro atoms. The number of pyridine rings is 2. The van der Waals surface area contributed by atoms with Crippen molar-refractivity contribution in [1.29, 1.82) is 0 Å². The van der Waals surface area contributed by atoms with E-state index in [4.69, 9.17) is 0 Å². The van der Waals surface area contributed by atoms with Gasteiger partial charge in [0.05, 0.1) is 11.2 Å². The number of thiophene rings is 1. The molecule has 0 bridgehead atoms. The molecule has 3 aromatic heterocycles. The second-order valence-corrected chi connectivity index (χ2v) is 5.76. The molecule has 0 unspecified atom stereocenters. The Labute approximate surface area is 117 Å². The second kappa shape index (κ2) is 5.04. The number of fused-ring (bicyclic) bond motifs is 1. The first-order chi connectivity index (χ1) is 8.83. The van der Waals surface area contributed by atoms with E-state index in [2.05, 4.69) is 48.7 Å². The largest absolute Gasteiger partial charge is 0.378 e. The van der Waals surface area contributed by atoms with Crippen molar-refractivity contribution in [2.24, 2.45) is 0 Å². The molecule has 0 radical (unpaired) electrons. The monoisotopic (exact) mass is 319 g/mol. The van der Waals surface area contributed by atoms with Crippen LogP contribution < -0.4 is 5.32 Å². The van der Waals surface area contributed by atoms with Gasteiger partial charge in [-0.3, -0.25) is 9.97 Å². The van der Waals surface area contributed by atoms with Crippen molar-refractivity contribution < 1.29 is 0 Å². The molecule has 0 aromatic carbocycles. The Kier molecular flexibility index (Phi) is 3.25. The molecule has 5 heteroatoms. The number of aromatic nitrogens is 2. The molecule has 0 amide bonds. The predicted octanol–water partition coefficient (Wildman–Crippen LogP) is 4.07. The molecule has 0 aliphatic rings. The summed E-state index contributed by atoms with van der Waals surface area (Å²) in [5.41, 5.74) is 2.80. The Hall–Kier alpha value is -1.46. The van der Waals surface area contributed by atoms with Crippen LogP contribution in [-0.4, -0.2) is 9.97 Å². The quantitative estimate of drug-likeness (QED) is 0.790. The van der Waals surface area contributed by atoms with Gasteiger partial charge >= 0.3 is 0 Å². The van der Waals surface area contributed by atoms with Crippen molar-refractivity contribution in [3.8, 4) is 0 Å². The summed E-state index contributed by atoms with van der Waals surface area (Å²) in [6.45, 7) is 0.814. The van der Waals surface area contributed by atoms with Crippen LogP contribution in [-0.2, 0) is 6.54 Å². The summed E-state index contributed by atoms with van der Waals surface area (Å²) in [5, 5.41) is 5.48. The first-order valence-electron chi connectivity index (χ1n) is 5.49. The van der Waals surface area contributed by atoms with Gasteiger partial charge in [-0.05, 0) is 39.5 Å². The van der Waals surface area contributed by atoms with Crippen LogP contribution in [0, 0.1) is 0 Å². The third-order valence-electron chi connectivity index (χ3n) is 2.58. The maximum atomic E-state index is 4.41. The van der Waals surface area contributed by atoms with Crippen LogP contribution in [0.2, 0.25) is 0 Å². The van der Waals surface area contributed by atoms with Gasteiger partial charge in [0, 0.05) is 28.3 Å². The van der Waals surface area contributed by atoms with Gasteiger partial charge in [-0.2, -0.15) is 0 Å². The minimum Gasteiger partial charge on any atom is -0.378 e. The molecule has 0 aliphatic carbocycles. The smallest absolute Gasteiger partial charge is 0.112 e. The topological polar surface area (TPSA) is 37.8 Å². The Bertz CT molecular complexity index is 667. The molecule has 3 nitrogen and oxygen atoms in total. The highest BCUT2D eigenvalue weighted by molar-refractivity contribution is 9.10. The number of halogens is 1. The lowest BCUT2D eigenvalue weighted by molar-refractivity contribution is 1.18. The molecule has 0 atom stereocenters. The Morgan fingerprint density at radius 3 is 3.06 bits per heavy atom. The number of hydrogen-bond acceptors (Lipinski definition) is 4. The Morgan fingerprint density at radius 1 is 1.28 bits per heavy atom. The van der Waals surface area contributed by atoms with Crippen molar-refractivity contribution in [2.45, 2.75) is 6.54 Å². The Balaban J connectivity index is 1.92. The van der Waals surface area contributed by atoms with Crippen LogP contribution >= 0.6 is 27.3 Å². The van der Waals surface area contributed by atoms with E-state index in [9.17, 15) is 0 Å². The van der Waals surface area contributed by atoms with Crippen LogP contribution in [0.25, 0.3) is 11.0 Å². The van der Waals surface area contributed by atoms with E-state index in [1.54, 1.807) is 23.7 Å². The summed E-state index contributed by atoms with van der Waals surface area (Å²) < 4.78 is 0.943. The predicted molar refractivity (Wildman–Crippen MR) is 78.9 cm³/mol. The number of nitrogens with zero attached hydrogens (tertiary/aromatic N) is 2. The van der Waals surface area contributed by atoms with Crippen molar-refractivity contribution in [3.05, 3.63) is 51.4 Å². The van der Waals surface area contributed by atoms with Crippen LogP contribution in [0.3, 0.4) is 0 Å². The minimum absolute atomic E-state index is 0.814. The zero-order chi connectivity index (χ0) is 12.4. The van der Waals surface area contributed by atoms with E-state index >= 15 is 0 Å². The summed E-state index contributed by atoms with van der Waals surface area (Å²) in [7, 11) is 0. The fourth-order valence-electron chi connectivity index (χ4n) is 1.74. The van der Waals surface area contributed by atoms with Gasteiger partial charge in [0.1, 0.15) is 5.52 Å². The van der Waals surface area contributed by atoms with Gasteiger partial charge in [-0.25, -0.2) is 0 Å². The molecule has 1 N–H and O–H groups in total. The highest BCUT2D eigenvalue weighted by atomic mass is 79.9. The van der Waals surface area contributed by atoms with E-state index in [0.29, 0.717) is 0 Å². The average molecular weight is 320 g/mol. The summed E-state index contributed by atoms with van der Waals surface area (Å²) >= 11 is 5.15. The van der Waals surface area contributed by atoms with Crippen molar-refractivity contribution >= 4 is 44.0 Å². The van der Waals surface area contributed by atoms with E-state index < -0.39 is 0 Å². The number of nitrogens with one attached hydrogen (secondary N) is 1. The first kappa shape index (κ1) is 11.6. The SMILES string of the molecule is Brc1cnc2c(NCc3cccs3)ccnc2c1. The Morgan fingerprint density at radius 2 is 2.22 bits per heavy atom. The van der Waals surface area contributed by atoms with Crippen molar-refractivity contribution in [2.75, 3.05) is 5.32 Å². The molecule has 18 heavy (non-hydrogen) atoms. The second-order valence-electron chi connectivity index (χ2n) is 3.81. The number of anilines is 1. The maximum Gasteiger partial charge on any atom is 0.112 e. The van der Waals surface area contributed by atoms with Gasteiger partial charge in [0.15, 0.2) is 0 Å². The summed E-state index contributed by atoms with van der Waals surface area (Å²) in [6, 6.07) is 8.10. The zero-order valence-electron chi connectivity index (χ0n) is 9.43. The zero-order valence-corrected chi connectivity index (χ0v) is 11.8. The van der Waals surface area contributed by atoms with E-state index in [1.807, 2.05) is 12.1 Å². The number of rotatable bonds is 3. The van der Waals surface area contributed by atoms with Gasteiger partial charge in [-0.15, -0.1) is 11.3 Å². The molecule has 3 rings (SSSR count). The molecule has 3 heterocycles. The van der Waals surface area contributed by atoms with Gasteiger partial charge in [0.25, 0.3) is 0 Å². The maximum absolute atomic E-state index is 4.41. The lowest BCUT2D eigenvalue weighted by atomic mass is 10.3. The van der Waals surface area contributed by atoms with Crippen molar-refractivity contribution in [1.82, 2.24) is 9.97 Å². The summed E-state index contributed by atoms with van der Waals surface area (Å²) in [4.78, 5) is 10.0. The first-order valence-corrected chi connectivity index (χ1v) is 7.17. The number of hydrogen-bond donors (Lipinski definition) is 1. The normalized spacial score (nSPS) is 10.7. The van der Waals surface area contributed by atoms with Crippen LogP contribution in [0.4, 0.5) is 5.69 Å². The van der Waals surface area contributed by atoms with E-state index in [0.717, 1.165) is 27.7 Å². The standard InChI is InChI=1S/C13H10BrN3S/c14-9-6-12-13(17-7-9)11(3-4-15-12)16-8-10-2-1-5-18-10/h1-7H,8H2,(H,15,16). The molecule has 90 valence electrons. The summed E-state index contributed by atoms with van der Waals surface area (Å²) in [5.74, 6) is 0. The van der Waals surface area contributed by atoms with Crippen LogP contribution in [0.5, 0.6) is 0 Å². The molecule has 0 saturated heterocycles. The van der Waals surface area contributed by atoms with Crippen LogP contribution in [0.15, 0.2) is 46.5 Å². The third-order valence-corrected chi connectivity index (χ3v) is 3.89. The molecular formula is C13H10BrN3S. The van der Waals surface area contributed by atoms with Gasteiger partial charge in [0.2, 0.25) is 0 Å². The van der Waals surface area contributed by atoms with Gasteiger partial charge < -0.3 is 5.32 Å². The molecular weight excluding hydrogens is 310 g/mol. The minimum atomic E-state index is 0.814. The van der Waals surface area contributed by atoms with Crippen molar-refractivity contribution in [3.63, 3.8) is 0 Å². The van der Waals surface area contributed by atoms with E-state index in [1.165, 1.54) is 4.88 Å². The van der Waals surface area contributed by atoms with Gasteiger partial charge in [-0.1, -0.05) is 6.07 Å². The highest BCUT2D eigenvalue weighted by Crippen LogP contribution is 2.22. The molecule has 0 aliphatic heterocycles. The van der Waals surface area contributed by atoms with E-state index in [-0.39, 0.29) is 0 Å². The fraction of sp³-hybridized carbons (Fsp3) is 0.0769.